The number of benzene rings is 1. The van der Waals surface area contributed by atoms with Crippen molar-refractivity contribution in [1.29, 1.82) is 0 Å². The van der Waals surface area contributed by atoms with Gasteiger partial charge in [-0.05, 0) is 18.4 Å². The fourth-order valence-corrected chi connectivity index (χ4v) is 3.82. The number of rotatable bonds is 3. The van der Waals surface area contributed by atoms with Gasteiger partial charge in [0.05, 0.1) is 4.90 Å². The summed E-state index contributed by atoms with van der Waals surface area (Å²) < 4.78 is 24.7. The van der Waals surface area contributed by atoms with Gasteiger partial charge in [-0.2, -0.15) is 5.10 Å². The van der Waals surface area contributed by atoms with E-state index in [4.69, 9.17) is 5.73 Å². The van der Waals surface area contributed by atoms with Crippen LogP contribution in [-0.4, -0.2) is 24.9 Å². The molecule has 0 fully saturated rings. The van der Waals surface area contributed by atoms with E-state index in [0.29, 0.717) is 5.03 Å². The second-order valence-corrected chi connectivity index (χ2v) is 5.97. The molecule has 0 aliphatic heterocycles. The quantitative estimate of drug-likeness (QED) is 0.825. The summed E-state index contributed by atoms with van der Waals surface area (Å²) in [5, 5.41) is 6.73. The number of sulfone groups is 1. The molecule has 2 aromatic rings. The highest BCUT2D eigenvalue weighted by molar-refractivity contribution is 7.99. The van der Waals surface area contributed by atoms with Gasteiger partial charge in [0, 0.05) is 0 Å². The maximum absolute atomic E-state index is 12.3. The molecule has 0 saturated heterocycles. The summed E-state index contributed by atoms with van der Waals surface area (Å²) in [6.07, 6.45) is 1.75. The van der Waals surface area contributed by atoms with E-state index >= 15 is 0 Å². The molecule has 3 N–H and O–H groups in total. The van der Waals surface area contributed by atoms with Crippen LogP contribution in [0.3, 0.4) is 0 Å². The van der Waals surface area contributed by atoms with E-state index in [1.165, 1.54) is 23.9 Å². The van der Waals surface area contributed by atoms with Gasteiger partial charge in [-0.1, -0.05) is 18.2 Å². The molecule has 0 atom stereocenters. The number of thioether (sulfide) groups is 1. The van der Waals surface area contributed by atoms with E-state index < -0.39 is 9.84 Å². The van der Waals surface area contributed by atoms with Crippen LogP contribution in [-0.2, 0) is 9.84 Å². The minimum atomic E-state index is -3.61. The van der Waals surface area contributed by atoms with Crippen molar-refractivity contribution in [2.75, 3.05) is 12.0 Å². The first-order chi connectivity index (χ1) is 8.07. The molecule has 0 amide bonds. The number of anilines is 1. The predicted molar refractivity (Wildman–Crippen MR) is 66.7 cm³/mol. The standard InChI is InChI=1S/C10H11N3O2S2/c1-16-10-8(9(11)12-13-10)17(14,15)7-5-3-2-4-6-7/h2-6H,1H3,(H3,11,12,13). The van der Waals surface area contributed by atoms with Gasteiger partial charge in [0.2, 0.25) is 9.84 Å². The maximum atomic E-state index is 12.3. The minimum Gasteiger partial charge on any atom is -0.383 e. The predicted octanol–water partition coefficient (Wildman–Crippen LogP) is 1.55. The van der Waals surface area contributed by atoms with Crippen LogP contribution in [0, 0.1) is 0 Å². The number of H-pyrrole nitrogens is 1. The Morgan fingerprint density at radius 3 is 2.53 bits per heavy atom. The Labute approximate surface area is 103 Å². The Balaban J connectivity index is 2.64. The van der Waals surface area contributed by atoms with Gasteiger partial charge in [0.1, 0.15) is 15.7 Å². The van der Waals surface area contributed by atoms with Crippen molar-refractivity contribution in [2.24, 2.45) is 0 Å². The van der Waals surface area contributed by atoms with Gasteiger partial charge in [0.25, 0.3) is 0 Å². The molecule has 0 aliphatic rings. The van der Waals surface area contributed by atoms with E-state index in [9.17, 15) is 8.42 Å². The molecule has 2 rings (SSSR count). The molecule has 0 bridgehead atoms. The lowest BCUT2D eigenvalue weighted by molar-refractivity contribution is 0.594. The van der Waals surface area contributed by atoms with E-state index in [2.05, 4.69) is 10.2 Å². The molecule has 1 heterocycles. The molecule has 5 nitrogen and oxygen atoms in total. The Bertz CT molecular complexity index is 620. The number of nitrogens with two attached hydrogens (primary N) is 1. The second kappa shape index (κ2) is 4.42. The molecule has 7 heteroatoms. The summed E-state index contributed by atoms with van der Waals surface area (Å²) in [5.41, 5.74) is 5.63. The molecule has 1 aromatic heterocycles. The SMILES string of the molecule is CSc1n[nH]c(N)c1S(=O)(=O)c1ccccc1. The Kier molecular flexibility index (Phi) is 3.12. The van der Waals surface area contributed by atoms with E-state index in [-0.39, 0.29) is 15.6 Å². The zero-order chi connectivity index (χ0) is 12.5. The Morgan fingerprint density at radius 1 is 1.29 bits per heavy atom. The van der Waals surface area contributed by atoms with Crippen LogP contribution in [0.4, 0.5) is 5.82 Å². The fourth-order valence-electron chi connectivity index (χ4n) is 1.44. The second-order valence-electron chi connectivity index (χ2n) is 3.29. The minimum absolute atomic E-state index is 0.0520. The van der Waals surface area contributed by atoms with Crippen molar-refractivity contribution in [1.82, 2.24) is 10.2 Å². The summed E-state index contributed by atoms with van der Waals surface area (Å²) in [5.74, 6) is 0.0678. The summed E-state index contributed by atoms with van der Waals surface area (Å²) in [7, 11) is -3.61. The van der Waals surface area contributed by atoms with Gasteiger partial charge in [0.15, 0.2) is 0 Å². The Morgan fingerprint density at radius 2 is 1.94 bits per heavy atom. The smallest absolute Gasteiger partial charge is 0.212 e. The van der Waals surface area contributed by atoms with Gasteiger partial charge >= 0.3 is 0 Å². The van der Waals surface area contributed by atoms with Gasteiger partial charge in [-0.15, -0.1) is 11.8 Å². The molecule has 0 radical (unpaired) electrons. The van der Waals surface area contributed by atoms with Gasteiger partial charge in [-0.3, -0.25) is 5.10 Å². The van der Waals surface area contributed by atoms with Crippen molar-refractivity contribution >= 4 is 27.4 Å². The van der Waals surface area contributed by atoms with Gasteiger partial charge < -0.3 is 5.73 Å². The molecular formula is C10H11N3O2S2. The number of nitrogens with zero attached hydrogens (tertiary/aromatic N) is 1. The van der Waals surface area contributed by atoms with Crippen LogP contribution in [0.15, 0.2) is 45.1 Å². The van der Waals surface area contributed by atoms with Crippen LogP contribution in [0.1, 0.15) is 0 Å². The van der Waals surface area contributed by atoms with Crippen LogP contribution >= 0.6 is 11.8 Å². The fraction of sp³-hybridized carbons (Fsp3) is 0.100. The molecule has 90 valence electrons. The summed E-state index contributed by atoms with van der Waals surface area (Å²) >= 11 is 1.24. The third kappa shape index (κ3) is 2.03. The highest BCUT2D eigenvalue weighted by Crippen LogP contribution is 2.31. The van der Waals surface area contributed by atoms with Crippen molar-refractivity contribution in [3.63, 3.8) is 0 Å². The number of hydrogen-bond acceptors (Lipinski definition) is 5. The summed E-state index contributed by atoms with van der Waals surface area (Å²) in [6, 6.07) is 8.16. The summed E-state index contributed by atoms with van der Waals surface area (Å²) in [6.45, 7) is 0. The molecule has 0 unspecified atom stereocenters. The zero-order valence-electron chi connectivity index (χ0n) is 9.04. The Hall–Kier alpha value is -1.47. The van der Waals surface area contributed by atoms with Crippen LogP contribution in [0.2, 0.25) is 0 Å². The molecule has 0 spiro atoms. The highest BCUT2D eigenvalue weighted by Gasteiger charge is 2.26. The lowest BCUT2D eigenvalue weighted by Crippen LogP contribution is -2.05. The molecule has 0 aliphatic carbocycles. The highest BCUT2D eigenvalue weighted by atomic mass is 32.2. The van der Waals surface area contributed by atoms with Crippen LogP contribution in [0.25, 0.3) is 0 Å². The van der Waals surface area contributed by atoms with Crippen LogP contribution < -0.4 is 5.73 Å². The van der Waals surface area contributed by atoms with E-state index in [1.807, 2.05) is 0 Å². The van der Waals surface area contributed by atoms with E-state index in [0.717, 1.165) is 0 Å². The normalized spacial score (nSPS) is 11.6. The summed E-state index contributed by atoms with van der Waals surface area (Å²) in [4.78, 5) is 0.264. The first-order valence-electron chi connectivity index (χ1n) is 4.75. The largest absolute Gasteiger partial charge is 0.383 e. The van der Waals surface area contributed by atoms with Crippen molar-refractivity contribution < 1.29 is 8.42 Å². The average molecular weight is 269 g/mol. The topological polar surface area (TPSA) is 88.8 Å². The maximum Gasteiger partial charge on any atom is 0.212 e. The number of hydrogen-bond donors (Lipinski definition) is 2. The molecule has 1 aromatic carbocycles. The zero-order valence-corrected chi connectivity index (χ0v) is 10.7. The molecule has 0 saturated carbocycles. The lowest BCUT2D eigenvalue weighted by atomic mass is 10.4. The van der Waals surface area contributed by atoms with E-state index in [1.54, 1.807) is 24.5 Å². The first kappa shape index (κ1) is 12.0. The monoisotopic (exact) mass is 269 g/mol. The average Bonchev–Trinajstić information content (AvgIpc) is 2.72. The van der Waals surface area contributed by atoms with Crippen molar-refractivity contribution in [3.05, 3.63) is 30.3 Å². The lowest BCUT2D eigenvalue weighted by Gasteiger charge is -2.04. The number of nitrogen functional groups attached to an aromatic ring is 1. The number of aromatic nitrogens is 2. The van der Waals surface area contributed by atoms with Crippen LogP contribution in [0.5, 0.6) is 0 Å². The third-order valence-corrected chi connectivity index (χ3v) is 4.89. The molecular weight excluding hydrogens is 258 g/mol. The first-order valence-corrected chi connectivity index (χ1v) is 7.46. The van der Waals surface area contributed by atoms with Crippen molar-refractivity contribution in [3.8, 4) is 0 Å². The van der Waals surface area contributed by atoms with Crippen molar-refractivity contribution in [2.45, 2.75) is 14.8 Å². The molecule has 17 heavy (non-hydrogen) atoms. The van der Waals surface area contributed by atoms with Gasteiger partial charge in [-0.25, -0.2) is 8.42 Å². The number of aromatic amines is 1. The third-order valence-electron chi connectivity index (χ3n) is 2.23. The number of nitrogens with one attached hydrogen (secondary N) is 1.